The summed E-state index contributed by atoms with van der Waals surface area (Å²) in [6.45, 7) is 15.7. The molecule has 1 aliphatic carbocycles. The number of phenolic OH excluding ortho intramolecular Hbond substituents is 1. The molecule has 322 valence electrons. The summed E-state index contributed by atoms with van der Waals surface area (Å²) < 4.78 is 13.3. The van der Waals surface area contributed by atoms with E-state index >= 15 is 0 Å². The number of piperidine rings is 3. The first kappa shape index (κ1) is 43.7. The van der Waals surface area contributed by atoms with Crippen molar-refractivity contribution in [2.75, 3.05) is 32.7 Å². The highest BCUT2D eigenvalue weighted by Crippen LogP contribution is 2.43. The summed E-state index contributed by atoms with van der Waals surface area (Å²) in [6.07, 6.45) is 11.2. The van der Waals surface area contributed by atoms with E-state index in [1.807, 2.05) is 12.1 Å². The summed E-state index contributed by atoms with van der Waals surface area (Å²) in [6, 6.07) is 19.0. The van der Waals surface area contributed by atoms with Crippen molar-refractivity contribution in [1.29, 1.82) is 0 Å². The predicted octanol–water partition coefficient (Wildman–Crippen LogP) is 8.07. The van der Waals surface area contributed by atoms with Crippen LogP contribution < -0.4 is 16.2 Å². The third kappa shape index (κ3) is 10.0. The number of phenols is 1. The highest BCUT2D eigenvalue weighted by atomic mass is 28.4. The SMILES string of the molecule is CC(C)(C)[Si](C)(C)O[C@H](CNCc1ccc(C(=O)NCCCCc2cccc(C3(C(=O)O[C@H]4CN5CCC4CC5)CCCCC3)c2)cn1)c1ccc(O)c2[nH]c(=O)ccc12. The number of aryl methyl sites for hydroxylation is 1. The second-order valence-electron chi connectivity index (χ2n) is 19.0. The smallest absolute Gasteiger partial charge is 0.316 e. The Morgan fingerprint density at radius 1 is 1.02 bits per heavy atom. The topological polar surface area (TPSA) is 146 Å². The van der Waals surface area contributed by atoms with E-state index in [9.17, 15) is 19.5 Å². The van der Waals surface area contributed by atoms with Gasteiger partial charge in [-0.2, -0.15) is 0 Å². The molecule has 0 radical (unpaired) electrons. The van der Waals surface area contributed by atoms with E-state index in [0.717, 1.165) is 99.6 Å². The van der Waals surface area contributed by atoms with Crippen molar-refractivity contribution in [2.45, 2.75) is 127 Å². The van der Waals surface area contributed by atoms with Crippen LogP contribution in [0.2, 0.25) is 18.1 Å². The van der Waals surface area contributed by atoms with Gasteiger partial charge >= 0.3 is 5.97 Å². The molecule has 2 aromatic heterocycles. The second-order valence-corrected chi connectivity index (χ2v) is 23.7. The van der Waals surface area contributed by atoms with Crippen LogP contribution in [0.25, 0.3) is 10.9 Å². The molecule has 12 heteroatoms. The number of ether oxygens (including phenoxy) is 1. The van der Waals surface area contributed by atoms with Gasteiger partial charge in [0.15, 0.2) is 8.32 Å². The van der Waals surface area contributed by atoms with Gasteiger partial charge in [0.25, 0.3) is 5.91 Å². The zero-order valence-electron chi connectivity index (χ0n) is 36.3. The Hall–Kier alpha value is -4.36. The number of unbranched alkanes of at least 4 members (excludes halogenated alkanes) is 1. The molecule has 11 nitrogen and oxygen atoms in total. The van der Waals surface area contributed by atoms with Crippen LogP contribution in [0, 0.1) is 5.92 Å². The number of fused-ring (bicyclic) bond motifs is 4. The molecule has 2 aromatic carbocycles. The average Bonchev–Trinajstić information content (AvgIpc) is 3.24. The molecule has 4 N–H and O–H groups in total. The zero-order chi connectivity index (χ0) is 42.5. The lowest BCUT2D eigenvalue weighted by atomic mass is 9.69. The van der Waals surface area contributed by atoms with Crippen molar-refractivity contribution in [3.05, 3.63) is 105 Å². The number of esters is 1. The number of carbonyl (C=O) groups excluding carboxylic acids is 2. The fourth-order valence-corrected chi connectivity index (χ4v) is 10.4. The number of rotatable bonds is 16. The van der Waals surface area contributed by atoms with Crippen LogP contribution in [-0.2, 0) is 32.3 Å². The number of aromatic hydroxyl groups is 1. The highest BCUT2D eigenvalue weighted by molar-refractivity contribution is 6.74. The summed E-state index contributed by atoms with van der Waals surface area (Å²) in [5, 5.41) is 17.8. The lowest BCUT2D eigenvalue weighted by Gasteiger charge is -2.45. The quantitative estimate of drug-likeness (QED) is 0.0500. The van der Waals surface area contributed by atoms with Gasteiger partial charge in [0, 0.05) is 43.8 Å². The molecule has 0 spiro atoms. The Morgan fingerprint density at radius 3 is 2.50 bits per heavy atom. The third-order valence-electron chi connectivity index (χ3n) is 13.8. The van der Waals surface area contributed by atoms with Gasteiger partial charge in [-0.05, 0) is 123 Å². The van der Waals surface area contributed by atoms with Gasteiger partial charge in [-0.3, -0.25) is 24.3 Å². The molecule has 60 heavy (non-hydrogen) atoms. The lowest BCUT2D eigenvalue weighted by molar-refractivity contribution is -0.167. The van der Waals surface area contributed by atoms with E-state index in [-0.39, 0.29) is 40.4 Å². The van der Waals surface area contributed by atoms with Crippen LogP contribution in [0.5, 0.6) is 5.75 Å². The average molecular weight is 836 g/mol. The van der Waals surface area contributed by atoms with Gasteiger partial charge in [-0.25, -0.2) is 0 Å². The third-order valence-corrected chi connectivity index (χ3v) is 18.3. The number of nitrogens with one attached hydrogen (secondary N) is 3. The minimum atomic E-state index is -2.22. The Balaban J connectivity index is 0.894. The van der Waals surface area contributed by atoms with Crippen LogP contribution in [0.1, 0.15) is 117 Å². The van der Waals surface area contributed by atoms with Crippen molar-refractivity contribution in [2.24, 2.45) is 5.92 Å². The maximum absolute atomic E-state index is 14.0. The number of pyridine rings is 2. The van der Waals surface area contributed by atoms with E-state index in [4.69, 9.17) is 9.16 Å². The number of aromatic amines is 1. The Morgan fingerprint density at radius 2 is 1.80 bits per heavy atom. The summed E-state index contributed by atoms with van der Waals surface area (Å²) >= 11 is 0. The molecule has 2 atom stereocenters. The molecule has 4 fully saturated rings. The molecule has 0 unspecified atom stereocenters. The van der Waals surface area contributed by atoms with Crippen LogP contribution in [0.4, 0.5) is 0 Å². The fourth-order valence-electron chi connectivity index (χ4n) is 9.13. The Labute approximate surface area is 356 Å². The Bertz CT molecular complexity index is 2170. The lowest BCUT2D eigenvalue weighted by Crippen LogP contribution is -2.53. The molecule has 8 rings (SSSR count). The van der Waals surface area contributed by atoms with Crippen molar-refractivity contribution in [3.63, 3.8) is 0 Å². The van der Waals surface area contributed by atoms with Crippen molar-refractivity contribution >= 4 is 31.1 Å². The van der Waals surface area contributed by atoms with Crippen LogP contribution in [0.15, 0.2) is 71.7 Å². The van der Waals surface area contributed by atoms with E-state index < -0.39 is 13.7 Å². The van der Waals surface area contributed by atoms with Crippen molar-refractivity contribution < 1.29 is 23.9 Å². The van der Waals surface area contributed by atoms with E-state index in [2.05, 4.69) is 83.6 Å². The monoisotopic (exact) mass is 835 g/mol. The summed E-state index contributed by atoms with van der Waals surface area (Å²) in [5.41, 5.74) is 4.08. The molecular weight excluding hydrogens is 771 g/mol. The van der Waals surface area contributed by atoms with Gasteiger partial charge in [0.05, 0.1) is 28.3 Å². The molecule has 3 aliphatic heterocycles. The number of H-pyrrole nitrogens is 1. The molecule has 4 aliphatic rings. The minimum Gasteiger partial charge on any atom is -0.506 e. The van der Waals surface area contributed by atoms with Crippen molar-refractivity contribution in [3.8, 4) is 5.75 Å². The number of carbonyl (C=O) groups is 2. The number of amides is 1. The standard InChI is InChI=1S/C48H65N5O6Si/c1-47(2,3)60(4,5)59-41(38-17-19-40(54)44-39(38)18-20-43(55)52-44)31-49-30-37-16-15-35(29-51-37)45(56)50-25-10-7-12-33-13-11-14-36(28-33)48(23-8-6-9-24-48)46(57)58-42-32-53-26-21-34(42)22-27-53/h11,13-20,28-29,34,41-42,49,54H,6-10,12,21-27,30-32H2,1-5H3,(H,50,56)(H,52,55)/t41-,42+/m1/s1. The number of hydrogen-bond acceptors (Lipinski definition) is 9. The van der Waals surface area contributed by atoms with Crippen LogP contribution in [-0.4, -0.2) is 79.0 Å². The Kier molecular flexibility index (Phi) is 13.6. The molecule has 4 aromatic rings. The highest BCUT2D eigenvalue weighted by Gasteiger charge is 2.46. The predicted molar refractivity (Wildman–Crippen MR) is 239 cm³/mol. The first-order valence-corrected chi connectivity index (χ1v) is 25.1. The zero-order valence-corrected chi connectivity index (χ0v) is 37.3. The van der Waals surface area contributed by atoms with Crippen molar-refractivity contribution in [1.82, 2.24) is 25.5 Å². The van der Waals surface area contributed by atoms with Gasteiger partial charge in [-0.1, -0.05) is 70.4 Å². The minimum absolute atomic E-state index is 0.0141. The normalized spacial score (nSPS) is 20.8. The molecular formula is C48H65N5O6Si. The van der Waals surface area contributed by atoms with E-state index in [0.29, 0.717) is 36.6 Å². The maximum Gasteiger partial charge on any atom is 0.316 e. The first-order valence-electron chi connectivity index (χ1n) is 22.2. The van der Waals surface area contributed by atoms with Gasteiger partial charge in [0.2, 0.25) is 5.56 Å². The number of benzene rings is 2. The summed E-state index contributed by atoms with van der Waals surface area (Å²) in [5.74, 6) is 0.353. The number of hydrogen-bond donors (Lipinski definition) is 4. The largest absolute Gasteiger partial charge is 0.506 e. The number of aromatic nitrogens is 2. The van der Waals surface area contributed by atoms with Crippen LogP contribution >= 0.6 is 0 Å². The molecule has 3 saturated heterocycles. The summed E-state index contributed by atoms with van der Waals surface area (Å²) in [7, 11) is -2.22. The molecule has 1 saturated carbocycles. The van der Waals surface area contributed by atoms with E-state index in [1.54, 1.807) is 24.4 Å². The fraction of sp³-hybridized carbons (Fsp3) is 0.542. The molecule has 2 bridgehead atoms. The van der Waals surface area contributed by atoms with Gasteiger partial charge in [-0.15, -0.1) is 0 Å². The second kappa shape index (κ2) is 18.7. The molecule has 5 heterocycles. The van der Waals surface area contributed by atoms with Gasteiger partial charge in [0.1, 0.15) is 11.9 Å². The first-order chi connectivity index (χ1) is 28.7. The van der Waals surface area contributed by atoms with Crippen LogP contribution in [0.3, 0.4) is 0 Å². The molecule has 1 amide bonds. The number of nitrogens with zero attached hydrogens (tertiary/aromatic N) is 2. The summed E-state index contributed by atoms with van der Waals surface area (Å²) in [4.78, 5) is 48.9. The van der Waals surface area contributed by atoms with E-state index in [1.165, 1.54) is 18.1 Å². The van der Waals surface area contributed by atoms with Gasteiger partial charge < -0.3 is 29.9 Å². The maximum atomic E-state index is 14.0.